The number of carbonyl (C=O) groups excluding carboxylic acids is 2. The fourth-order valence-corrected chi connectivity index (χ4v) is 3.32. The Kier molecular flexibility index (Phi) is 3.13. The van der Waals surface area contributed by atoms with Gasteiger partial charge in [0.05, 0.1) is 12.4 Å². The van der Waals surface area contributed by atoms with Crippen LogP contribution in [0.2, 0.25) is 0 Å². The molecule has 0 atom stereocenters. The van der Waals surface area contributed by atoms with E-state index < -0.39 is 5.78 Å². The Morgan fingerprint density at radius 3 is 2.22 bits per heavy atom. The largest absolute Gasteiger partial charge is 0.327 e. The van der Waals surface area contributed by atoms with Crippen molar-refractivity contribution in [3.63, 3.8) is 0 Å². The molecule has 1 heterocycles. The quantitative estimate of drug-likeness (QED) is 0.759. The van der Waals surface area contributed by atoms with Gasteiger partial charge < -0.3 is 4.90 Å². The summed E-state index contributed by atoms with van der Waals surface area (Å²) in [5.41, 5.74) is 3.83. The smallest absolute Gasteiger partial charge is 0.233 e. The molecule has 0 radical (unpaired) electrons. The Morgan fingerprint density at radius 2 is 1.48 bits per heavy atom. The molecule has 0 saturated heterocycles. The minimum Gasteiger partial charge on any atom is -0.327 e. The number of hydrogen-bond donors (Lipinski definition) is 0. The first-order valence-corrected chi connectivity index (χ1v) is 7.59. The van der Waals surface area contributed by atoms with Gasteiger partial charge in [0.2, 0.25) is 11.6 Å². The van der Waals surface area contributed by atoms with Crippen LogP contribution in [-0.2, 0) is 4.79 Å². The number of rotatable bonds is 1. The van der Waals surface area contributed by atoms with Gasteiger partial charge in [0, 0.05) is 28.9 Å². The Balaban J connectivity index is 1.97. The van der Waals surface area contributed by atoms with Gasteiger partial charge >= 0.3 is 0 Å². The lowest BCUT2D eigenvalue weighted by Crippen LogP contribution is -2.45. The zero-order chi connectivity index (χ0) is 16.0. The molecule has 2 aromatic rings. The number of para-hydroxylation sites is 1. The van der Waals surface area contributed by atoms with E-state index in [1.165, 1.54) is 0 Å². The molecule has 0 spiro atoms. The molecule has 1 aliphatic carbocycles. The predicted octanol–water partition coefficient (Wildman–Crippen LogP) is 2.57. The Labute approximate surface area is 134 Å². The highest BCUT2D eigenvalue weighted by atomic mass is 16.2. The third-order valence-corrected chi connectivity index (χ3v) is 4.34. The SMILES string of the molecule is CN1CC2=C(c3ccccc3C(=O)C2=O)N(c2ccccc2)C1. The van der Waals surface area contributed by atoms with Crippen molar-refractivity contribution in [1.29, 1.82) is 0 Å². The van der Waals surface area contributed by atoms with E-state index in [0.29, 0.717) is 24.4 Å². The number of hydrogen-bond acceptors (Lipinski definition) is 4. The molecule has 0 aromatic heterocycles. The highest BCUT2D eigenvalue weighted by Gasteiger charge is 2.38. The molecule has 0 bridgehead atoms. The first kappa shape index (κ1) is 13.9. The number of Topliss-reactive ketones (excluding diaryl/α,β-unsaturated/α-hetero) is 2. The summed E-state index contributed by atoms with van der Waals surface area (Å²) in [6.07, 6.45) is 0. The van der Waals surface area contributed by atoms with Crippen LogP contribution in [0.3, 0.4) is 0 Å². The van der Waals surface area contributed by atoms with Crippen molar-refractivity contribution in [3.8, 4) is 0 Å². The topological polar surface area (TPSA) is 40.6 Å². The van der Waals surface area contributed by atoms with Gasteiger partial charge in [-0.3, -0.25) is 14.5 Å². The maximum Gasteiger partial charge on any atom is 0.233 e. The van der Waals surface area contributed by atoms with Gasteiger partial charge in [-0.15, -0.1) is 0 Å². The average molecular weight is 304 g/mol. The maximum atomic E-state index is 12.6. The number of carbonyl (C=O) groups is 2. The summed E-state index contributed by atoms with van der Waals surface area (Å²) in [5, 5.41) is 0. The van der Waals surface area contributed by atoms with E-state index in [-0.39, 0.29) is 5.78 Å². The minimum atomic E-state index is -0.400. The molecule has 4 rings (SSSR count). The van der Waals surface area contributed by atoms with Crippen molar-refractivity contribution in [3.05, 3.63) is 71.3 Å². The summed E-state index contributed by atoms with van der Waals surface area (Å²) in [6, 6.07) is 17.3. The van der Waals surface area contributed by atoms with Crippen LogP contribution in [0.4, 0.5) is 5.69 Å². The second kappa shape index (κ2) is 5.18. The van der Waals surface area contributed by atoms with Crippen LogP contribution >= 0.6 is 0 Å². The van der Waals surface area contributed by atoms with Gasteiger partial charge in [0.25, 0.3) is 0 Å². The molecule has 0 fully saturated rings. The minimum absolute atomic E-state index is 0.383. The number of benzene rings is 2. The van der Waals surface area contributed by atoms with E-state index in [0.717, 1.165) is 16.9 Å². The second-order valence-corrected chi connectivity index (χ2v) is 5.95. The maximum absolute atomic E-state index is 12.6. The first-order chi connectivity index (χ1) is 11.2. The van der Waals surface area contributed by atoms with Gasteiger partial charge in [-0.05, 0) is 19.2 Å². The zero-order valence-electron chi connectivity index (χ0n) is 12.8. The molecule has 114 valence electrons. The summed E-state index contributed by atoms with van der Waals surface area (Å²) < 4.78 is 0. The van der Waals surface area contributed by atoms with Crippen molar-refractivity contribution in [2.45, 2.75) is 0 Å². The normalized spacial score (nSPS) is 18.0. The molecule has 23 heavy (non-hydrogen) atoms. The number of likely N-dealkylation sites (N-methyl/N-ethyl adjacent to an activating group) is 1. The molecular weight excluding hydrogens is 288 g/mol. The van der Waals surface area contributed by atoms with Crippen molar-refractivity contribution >= 4 is 23.0 Å². The number of anilines is 1. The van der Waals surface area contributed by atoms with Crippen LogP contribution < -0.4 is 4.90 Å². The van der Waals surface area contributed by atoms with Crippen molar-refractivity contribution in [2.75, 3.05) is 25.2 Å². The molecule has 4 nitrogen and oxygen atoms in total. The first-order valence-electron chi connectivity index (χ1n) is 7.59. The van der Waals surface area contributed by atoms with Crippen molar-refractivity contribution in [2.24, 2.45) is 0 Å². The van der Waals surface area contributed by atoms with E-state index >= 15 is 0 Å². The molecule has 2 aliphatic rings. The molecule has 1 aliphatic heterocycles. The lowest BCUT2D eigenvalue weighted by Gasteiger charge is -2.40. The molecule has 0 amide bonds. The van der Waals surface area contributed by atoms with Crippen molar-refractivity contribution in [1.82, 2.24) is 4.90 Å². The Morgan fingerprint density at radius 1 is 0.826 bits per heavy atom. The Bertz CT molecular complexity index is 839. The second-order valence-electron chi connectivity index (χ2n) is 5.95. The monoisotopic (exact) mass is 304 g/mol. The van der Waals surface area contributed by atoms with Crippen LogP contribution in [0.1, 0.15) is 15.9 Å². The fraction of sp³-hybridized carbons (Fsp3) is 0.158. The van der Waals surface area contributed by atoms with Gasteiger partial charge in [-0.25, -0.2) is 0 Å². The molecule has 2 aromatic carbocycles. The number of fused-ring (bicyclic) bond motifs is 2. The molecule has 0 N–H and O–H groups in total. The highest BCUT2D eigenvalue weighted by molar-refractivity contribution is 6.52. The standard InChI is InChI=1S/C19H16N2O2/c1-20-11-16-17(21(12-20)13-7-3-2-4-8-13)14-9-5-6-10-15(14)18(22)19(16)23/h2-10H,11-12H2,1H3. The van der Waals surface area contributed by atoms with Gasteiger partial charge in [-0.2, -0.15) is 0 Å². The summed E-state index contributed by atoms with van der Waals surface area (Å²) in [6.45, 7) is 1.18. The van der Waals surface area contributed by atoms with E-state index in [1.807, 2.05) is 54.4 Å². The van der Waals surface area contributed by atoms with Gasteiger partial charge in [0.1, 0.15) is 0 Å². The van der Waals surface area contributed by atoms with E-state index in [1.54, 1.807) is 12.1 Å². The van der Waals surface area contributed by atoms with Crippen LogP contribution in [0.5, 0.6) is 0 Å². The van der Waals surface area contributed by atoms with Crippen LogP contribution in [-0.4, -0.2) is 36.7 Å². The third-order valence-electron chi connectivity index (χ3n) is 4.34. The predicted molar refractivity (Wildman–Crippen MR) is 89.1 cm³/mol. The lowest BCUT2D eigenvalue weighted by molar-refractivity contribution is -0.112. The van der Waals surface area contributed by atoms with E-state index in [2.05, 4.69) is 4.90 Å². The summed E-state index contributed by atoms with van der Waals surface area (Å²) in [4.78, 5) is 29.1. The van der Waals surface area contributed by atoms with Crippen LogP contribution in [0.15, 0.2) is 60.2 Å². The highest BCUT2D eigenvalue weighted by Crippen LogP contribution is 2.37. The molecule has 0 saturated carbocycles. The molecule has 4 heteroatoms. The summed E-state index contributed by atoms with van der Waals surface area (Å²) in [5.74, 6) is -0.783. The van der Waals surface area contributed by atoms with Gasteiger partial charge in [-0.1, -0.05) is 42.5 Å². The number of nitrogens with zero attached hydrogens (tertiary/aromatic N) is 2. The van der Waals surface area contributed by atoms with E-state index in [4.69, 9.17) is 0 Å². The zero-order valence-corrected chi connectivity index (χ0v) is 12.8. The molecular formula is C19H16N2O2. The molecule has 0 unspecified atom stereocenters. The van der Waals surface area contributed by atoms with E-state index in [9.17, 15) is 9.59 Å². The Hall–Kier alpha value is -2.72. The lowest BCUT2D eigenvalue weighted by atomic mass is 9.85. The third kappa shape index (κ3) is 2.11. The van der Waals surface area contributed by atoms with Crippen LogP contribution in [0, 0.1) is 0 Å². The van der Waals surface area contributed by atoms with Crippen molar-refractivity contribution < 1.29 is 9.59 Å². The average Bonchev–Trinajstić information content (AvgIpc) is 2.59. The van der Waals surface area contributed by atoms with Gasteiger partial charge in [0.15, 0.2) is 0 Å². The fourth-order valence-electron chi connectivity index (χ4n) is 3.32. The summed E-state index contributed by atoms with van der Waals surface area (Å²) in [7, 11) is 1.96. The summed E-state index contributed by atoms with van der Waals surface area (Å²) >= 11 is 0. The number of ketones is 2. The van der Waals surface area contributed by atoms with Crippen LogP contribution in [0.25, 0.3) is 5.70 Å².